The molecule has 4 aromatic rings. The van der Waals surface area contributed by atoms with E-state index < -0.39 is 0 Å². The molecule has 138 valence electrons. The van der Waals surface area contributed by atoms with Crippen molar-refractivity contribution in [2.75, 3.05) is 20.6 Å². The summed E-state index contributed by atoms with van der Waals surface area (Å²) < 4.78 is 8.40. The number of para-hydroxylation sites is 2. The van der Waals surface area contributed by atoms with Gasteiger partial charge in [-0.15, -0.1) is 0 Å². The number of benzene rings is 3. The molecule has 0 spiro atoms. The first kappa shape index (κ1) is 17.6. The Labute approximate surface area is 160 Å². The van der Waals surface area contributed by atoms with Gasteiger partial charge >= 0.3 is 0 Å². The van der Waals surface area contributed by atoms with E-state index in [0.29, 0.717) is 6.61 Å². The number of aromatic nitrogens is 2. The molecule has 0 aliphatic carbocycles. The Balaban J connectivity index is 1.56. The van der Waals surface area contributed by atoms with Gasteiger partial charge in [-0.05, 0) is 62.1 Å². The fourth-order valence-corrected chi connectivity index (χ4v) is 3.44. The molecule has 0 unspecified atom stereocenters. The molecule has 0 bridgehead atoms. The summed E-state index contributed by atoms with van der Waals surface area (Å²) in [5.74, 6) is 1.85. The summed E-state index contributed by atoms with van der Waals surface area (Å²) >= 11 is 0. The zero-order valence-electron chi connectivity index (χ0n) is 15.9. The molecule has 0 saturated carbocycles. The molecule has 0 N–H and O–H groups in total. The number of imidazole rings is 1. The molecule has 0 atom stereocenters. The first-order valence-corrected chi connectivity index (χ1v) is 9.41. The van der Waals surface area contributed by atoms with Crippen molar-refractivity contribution >= 4 is 21.8 Å². The molecule has 4 rings (SSSR count). The van der Waals surface area contributed by atoms with Crippen molar-refractivity contribution in [1.29, 1.82) is 0 Å². The van der Waals surface area contributed by atoms with Crippen LogP contribution in [0.5, 0.6) is 5.75 Å². The molecule has 3 aromatic carbocycles. The molecule has 1 aromatic heterocycles. The first-order chi connectivity index (χ1) is 13.2. The maximum Gasteiger partial charge on any atom is 0.147 e. The van der Waals surface area contributed by atoms with Crippen LogP contribution in [0.2, 0.25) is 0 Å². The zero-order valence-corrected chi connectivity index (χ0v) is 15.9. The van der Waals surface area contributed by atoms with Crippen LogP contribution in [0, 0.1) is 0 Å². The van der Waals surface area contributed by atoms with Gasteiger partial charge in [0.2, 0.25) is 0 Å². The lowest BCUT2D eigenvalue weighted by Gasteiger charge is -2.13. The lowest BCUT2D eigenvalue weighted by atomic mass is 10.1. The van der Waals surface area contributed by atoms with Crippen LogP contribution in [0.4, 0.5) is 0 Å². The predicted molar refractivity (Wildman–Crippen MR) is 111 cm³/mol. The molecule has 4 nitrogen and oxygen atoms in total. The van der Waals surface area contributed by atoms with Gasteiger partial charge in [0, 0.05) is 6.54 Å². The zero-order chi connectivity index (χ0) is 18.6. The van der Waals surface area contributed by atoms with Gasteiger partial charge in [-0.3, -0.25) is 0 Å². The van der Waals surface area contributed by atoms with Crippen molar-refractivity contribution < 1.29 is 4.74 Å². The van der Waals surface area contributed by atoms with E-state index in [4.69, 9.17) is 9.72 Å². The van der Waals surface area contributed by atoms with E-state index in [0.717, 1.165) is 36.6 Å². The molecule has 4 heteroatoms. The Hall–Kier alpha value is -2.85. The van der Waals surface area contributed by atoms with E-state index in [-0.39, 0.29) is 0 Å². The van der Waals surface area contributed by atoms with Crippen LogP contribution in [-0.2, 0) is 13.2 Å². The van der Waals surface area contributed by atoms with Crippen molar-refractivity contribution in [2.45, 2.75) is 19.6 Å². The summed E-state index contributed by atoms with van der Waals surface area (Å²) in [4.78, 5) is 7.02. The van der Waals surface area contributed by atoms with Crippen molar-refractivity contribution in [3.05, 3.63) is 72.6 Å². The monoisotopic (exact) mass is 359 g/mol. The van der Waals surface area contributed by atoms with Gasteiger partial charge in [0.25, 0.3) is 0 Å². The number of aryl methyl sites for hydroxylation is 1. The third kappa shape index (κ3) is 3.96. The molecule has 0 saturated heterocycles. The Morgan fingerprint density at radius 2 is 1.70 bits per heavy atom. The van der Waals surface area contributed by atoms with E-state index in [1.54, 1.807) is 0 Å². The standard InChI is InChI=1S/C23H25N3O/c1-25(2)14-7-15-26-22-11-6-5-10-21(22)24-23(26)17-27-20-13-12-18-8-3-4-9-19(18)16-20/h3-6,8-13,16H,7,14-15,17H2,1-2H3. The van der Waals surface area contributed by atoms with Gasteiger partial charge in [-0.2, -0.15) is 0 Å². The summed E-state index contributed by atoms with van der Waals surface area (Å²) in [5, 5.41) is 2.41. The molecule has 1 heterocycles. The minimum atomic E-state index is 0.467. The molecule has 0 aliphatic rings. The number of nitrogens with zero attached hydrogens (tertiary/aromatic N) is 3. The van der Waals surface area contributed by atoms with Crippen LogP contribution in [0.3, 0.4) is 0 Å². The maximum atomic E-state index is 6.10. The molecule has 0 aliphatic heterocycles. The molecular weight excluding hydrogens is 334 g/mol. The Morgan fingerprint density at radius 1 is 0.926 bits per heavy atom. The smallest absolute Gasteiger partial charge is 0.147 e. The van der Waals surface area contributed by atoms with Crippen molar-refractivity contribution in [1.82, 2.24) is 14.5 Å². The first-order valence-electron chi connectivity index (χ1n) is 9.41. The van der Waals surface area contributed by atoms with E-state index in [1.807, 2.05) is 12.1 Å². The van der Waals surface area contributed by atoms with Gasteiger partial charge in [-0.1, -0.05) is 42.5 Å². The lowest BCUT2D eigenvalue weighted by Crippen LogP contribution is -2.16. The third-order valence-corrected chi connectivity index (χ3v) is 4.81. The van der Waals surface area contributed by atoms with E-state index in [1.165, 1.54) is 16.3 Å². The Morgan fingerprint density at radius 3 is 2.56 bits per heavy atom. The lowest BCUT2D eigenvalue weighted by molar-refractivity contribution is 0.288. The van der Waals surface area contributed by atoms with Crippen LogP contribution in [0.25, 0.3) is 21.8 Å². The topological polar surface area (TPSA) is 30.3 Å². The number of fused-ring (bicyclic) bond motifs is 2. The van der Waals surface area contributed by atoms with Crippen molar-refractivity contribution in [2.24, 2.45) is 0 Å². The summed E-state index contributed by atoms with van der Waals surface area (Å²) in [6.45, 7) is 2.46. The minimum absolute atomic E-state index is 0.467. The number of hydrogen-bond acceptors (Lipinski definition) is 3. The van der Waals surface area contributed by atoms with Gasteiger partial charge in [0.05, 0.1) is 11.0 Å². The van der Waals surface area contributed by atoms with Crippen LogP contribution in [-0.4, -0.2) is 35.1 Å². The van der Waals surface area contributed by atoms with Crippen LogP contribution in [0.1, 0.15) is 12.2 Å². The van der Waals surface area contributed by atoms with E-state index >= 15 is 0 Å². The highest BCUT2D eigenvalue weighted by Crippen LogP contribution is 2.22. The molecule has 0 amide bonds. The predicted octanol–water partition coefficient (Wildman–Crippen LogP) is 4.72. The van der Waals surface area contributed by atoms with Gasteiger partial charge in [0.15, 0.2) is 0 Å². The summed E-state index contributed by atoms with van der Waals surface area (Å²) in [6.07, 6.45) is 1.08. The second kappa shape index (κ2) is 7.80. The highest BCUT2D eigenvalue weighted by Gasteiger charge is 2.11. The molecule has 27 heavy (non-hydrogen) atoms. The second-order valence-electron chi connectivity index (χ2n) is 7.12. The quantitative estimate of drug-likeness (QED) is 0.478. The van der Waals surface area contributed by atoms with Crippen LogP contribution < -0.4 is 4.74 Å². The SMILES string of the molecule is CN(C)CCCn1c(COc2ccc3ccccc3c2)nc2ccccc21. The van der Waals surface area contributed by atoms with E-state index in [2.05, 4.69) is 78.2 Å². The highest BCUT2D eigenvalue weighted by atomic mass is 16.5. The van der Waals surface area contributed by atoms with Gasteiger partial charge in [-0.25, -0.2) is 4.98 Å². The van der Waals surface area contributed by atoms with E-state index in [9.17, 15) is 0 Å². The average Bonchev–Trinajstić information content (AvgIpc) is 3.04. The third-order valence-electron chi connectivity index (χ3n) is 4.81. The molecule has 0 radical (unpaired) electrons. The largest absolute Gasteiger partial charge is 0.486 e. The molecule has 0 fully saturated rings. The summed E-state index contributed by atoms with van der Waals surface area (Å²) in [6, 6.07) is 22.9. The average molecular weight is 359 g/mol. The fourth-order valence-electron chi connectivity index (χ4n) is 3.44. The highest BCUT2D eigenvalue weighted by molar-refractivity contribution is 5.83. The summed E-state index contributed by atoms with van der Waals surface area (Å²) in [5.41, 5.74) is 2.20. The number of rotatable bonds is 7. The molecular formula is C23H25N3O. The van der Waals surface area contributed by atoms with Gasteiger partial charge < -0.3 is 14.2 Å². The van der Waals surface area contributed by atoms with Crippen LogP contribution in [0.15, 0.2) is 66.7 Å². The summed E-state index contributed by atoms with van der Waals surface area (Å²) in [7, 11) is 4.21. The van der Waals surface area contributed by atoms with Crippen molar-refractivity contribution in [3.8, 4) is 5.75 Å². The maximum absolute atomic E-state index is 6.10. The number of hydrogen-bond donors (Lipinski definition) is 0. The van der Waals surface area contributed by atoms with Crippen LogP contribution >= 0.6 is 0 Å². The Bertz CT molecular complexity index is 1050. The Kier molecular flexibility index (Phi) is 5.07. The van der Waals surface area contributed by atoms with Crippen molar-refractivity contribution in [3.63, 3.8) is 0 Å². The second-order valence-corrected chi connectivity index (χ2v) is 7.12. The van der Waals surface area contributed by atoms with Gasteiger partial charge in [0.1, 0.15) is 18.2 Å². The number of ether oxygens (including phenoxy) is 1. The minimum Gasteiger partial charge on any atom is -0.486 e. The fraction of sp³-hybridized carbons (Fsp3) is 0.261. The normalized spacial score (nSPS) is 11.5.